The fourth-order valence-electron chi connectivity index (χ4n) is 2.25. The van der Waals surface area contributed by atoms with Gasteiger partial charge in [0, 0.05) is 18.1 Å². The molecular formula is C16H15ClN4O. The SMILES string of the molecule is O=C(NCCn1cc(Cl)cn1)Nc1cccc2ccccc12. The Morgan fingerprint density at radius 1 is 1.18 bits per heavy atom. The van der Waals surface area contributed by atoms with Gasteiger partial charge in [-0.25, -0.2) is 4.79 Å². The van der Waals surface area contributed by atoms with E-state index in [4.69, 9.17) is 11.6 Å². The highest BCUT2D eigenvalue weighted by Crippen LogP contribution is 2.22. The molecule has 2 N–H and O–H groups in total. The lowest BCUT2D eigenvalue weighted by molar-refractivity contribution is 0.251. The van der Waals surface area contributed by atoms with Crippen LogP contribution in [0.3, 0.4) is 0 Å². The number of rotatable bonds is 4. The maximum atomic E-state index is 12.0. The number of aromatic nitrogens is 2. The van der Waals surface area contributed by atoms with Crippen molar-refractivity contribution in [2.75, 3.05) is 11.9 Å². The fraction of sp³-hybridized carbons (Fsp3) is 0.125. The number of carbonyl (C=O) groups is 1. The Labute approximate surface area is 132 Å². The van der Waals surface area contributed by atoms with Crippen LogP contribution in [-0.2, 0) is 6.54 Å². The van der Waals surface area contributed by atoms with Gasteiger partial charge in [0.25, 0.3) is 0 Å². The molecule has 6 heteroatoms. The van der Waals surface area contributed by atoms with E-state index in [1.807, 2.05) is 42.5 Å². The van der Waals surface area contributed by atoms with Crippen LogP contribution >= 0.6 is 11.6 Å². The van der Waals surface area contributed by atoms with Crippen molar-refractivity contribution in [2.24, 2.45) is 0 Å². The third-order valence-corrected chi connectivity index (χ3v) is 3.46. The second-order valence-corrected chi connectivity index (χ2v) is 5.27. The number of hydrogen-bond donors (Lipinski definition) is 2. The van der Waals surface area contributed by atoms with Gasteiger partial charge in [-0.1, -0.05) is 48.0 Å². The monoisotopic (exact) mass is 314 g/mol. The van der Waals surface area contributed by atoms with Crippen molar-refractivity contribution in [1.29, 1.82) is 0 Å². The standard InChI is InChI=1S/C16H15ClN4O/c17-13-10-19-21(11-13)9-8-18-16(22)20-15-7-3-5-12-4-1-2-6-14(12)15/h1-7,10-11H,8-9H2,(H2,18,20,22). The minimum atomic E-state index is -0.241. The molecule has 0 unspecified atom stereocenters. The second-order valence-electron chi connectivity index (χ2n) is 4.83. The normalized spacial score (nSPS) is 10.6. The number of nitrogens with zero attached hydrogens (tertiary/aromatic N) is 2. The fourth-order valence-corrected chi connectivity index (χ4v) is 2.40. The molecule has 0 saturated heterocycles. The van der Waals surface area contributed by atoms with E-state index in [9.17, 15) is 4.79 Å². The number of nitrogens with one attached hydrogen (secondary N) is 2. The first-order valence-electron chi connectivity index (χ1n) is 6.93. The van der Waals surface area contributed by atoms with Gasteiger partial charge in [-0.3, -0.25) is 4.68 Å². The third-order valence-electron chi connectivity index (χ3n) is 3.27. The largest absolute Gasteiger partial charge is 0.336 e. The van der Waals surface area contributed by atoms with Gasteiger partial charge in [-0.2, -0.15) is 5.10 Å². The van der Waals surface area contributed by atoms with Crippen LogP contribution in [0.4, 0.5) is 10.5 Å². The molecule has 1 aromatic heterocycles. The highest BCUT2D eigenvalue weighted by atomic mass is 35.5. The Kier molecular flexibility index (Phi) is 4.25. The van der Waals surface area contributed by atoms with Crippen LogP contribution in [0.2, 0.25) is 5.02 Å². The van der Waals surface area contributed by atoms with E-state index >= 15 is 0 Å². The summed E-state index contributed by atoms with van der Waals surface area (Å²) < 4.78 is 1.68. The van der Waals surface area contributed by atoms with Crippen LogP contribution < -0.4 is 10.6 Å². The highest BCUT2D eigenvalue weighted by Gasteiger charge is 2.05. The molecule has 0 spiro atoms. The Hall–Kier alpha value is -2.53. The smallest absolute Gasteiger partial charge is 0.319 e. The van der Waals surface area contributed by atoms with Gasteiger partial charge in [0.15, 0.2) is 0 Å². The molecule has 1 heterocycles. The average molecular weight is 315 g/mol. The van der Waals surface area contributed by atoms with Crippen LogP contribution in [0.15, 0.2) is 54.9 Å². The number of anilines is 1. The van der Waals surface area contributed by atoms with Crippen molar-refractivity contribution < 1.29 is 4.79 Å². The molecule has 0 radical (unpaired) electrons. The predicted molar refractivity (Wildman–Crippen MR) is 88.2 cm³/mol. The molecule has 112 valence electrons. The molecule has 2 amide bonds. The van der Waals surface area contributed by atoms with Gasteiger partial charge in [0.2, 0.25) is 0 Å². The third kappa shape index (κ3) is 3.38. The molecule has 22 heavy (non-hydrogen) atoms. The summed E-state index contributed by atoms with van der Waals surface area (Å²) in [5.74, 6) is 0. The number of carbonyl (C=O) groups excluding carboxylic acids is 1. The Balaban J connectivity index is 1.59. The molecular weight excluding hydrogens is 300 g/mol. The first-order chi connectivity index (χ1) is 10.7. The number of benzene rings is 2. The van der Waals surface area contributed by atoms with Gasteiger partial charge in [-0.05, 0) is 11.5 Å². The van der Waals surface area contributed by atoms with Crippen molar-refractivity contribution in [3.63, 3.8) is 0 Å². The summed E-state index contributed by atoms with van der Waals surface area (Å²) in [7, 11) is 0. The van der Waals surface area contributed by atoms with Crippen molar-refractivity contribution in [1.82, 2.24) is 15.1 Å². The quantitative estimate of drug-likeness (QED) is 0.774. The number of halogens is 1. The van der Waals surface area contributed by atoms with Gasteiger partial charge in [0.1, 0.15) is 0 Å². The summed E-state index contributed by atoms with van der Waals surface area (Å²) in [6.07, 6.45) is 3.28. The number of hydrogen-bond acceptors (Lipinski definition) is 2. The van der Waals surface area contributed by atoms with Crippen LogP contribution in [-0.4, -0.2) is 22.4 Å². The van der Waals surface area contributed by atoms with E-state index in [1.54, 1.807) is 17.1 Å². The Morgan fingerprint density at radius 3 is 2.82 bits per heavy atom. The zero-order valence-electron chi connectivity index (χ0n) is 11.8. The van der Waals surface area contributed by atoms with Gasteiger partial charge in [-0.15, -0.1) is 0 Å². The minimum absolute atomic E-state index is 0.241. The molecule has 0 saturated carbocycles. The summed E-state index contributed by atoms with van der Waals surface area (Å²) >= 11 is 5.78. The summed E-state index contributed by atoms with van der Waals surface area (Å²) in [5.41, 5.74) is 0.790. The van der Waals surface area contributed by atoms with Crippen molar-refractivity contribution in [3.8, 4) is 0 Å². The number of fused-ring (bicyclic) bond motifs is 1. The van der Waals surface area contributed by atoms with Crippen molar-refractivity contribution in [3.05, 3.63) is 59.9 Å². The number of amides is 2. The Morgan fingerprint density at radius 2 is 2.00 bits per heavy atom. The lowest BCUT2D eigenvalue weighted by atomic mass is 10.1. The summed E-state index contributed by atoms with van der Waals surface area (Å²) in [5, 5.41) is 12.4. The Bertz CT molecular complexity index is 794. The van der Waals surface area contributed by atoms with Crippen molar-refractivity contribution in [2.45, 2.75) is 6.54 Å². The van der Waals surface area contributed by atoms with Crippen LogP contribution in [0.1, 0.15) is 0 Å². The molecule has 0 aliphatic rings. The van der Waals surface area contributed by atoms with E-state index in [0.717, 1.165) is 16.5 Å². The van der Waals surface area contributed by atoms with E-state index in [-0.39, 0.29) is 6.03 Å². The molecule has 0 fully saturated rings. The lowest BCUT2D eigenvalue weighted by Crippen LogP contribution is -2.31. The van der Waals surface area contributed by atoms with Gasteiger partial charge >= 0.3 is 6.03 Å². The molecule has 0 atom stereocenters. The van der Waals surface area contributed by atoms with Gasteiger partial charge in [0.05, 0.1) is 23.5 Å². The van der Waals surface area contributed by atoms with E-state index in [0.29, 0.717) is 18.1 Å². The molecule has 0 aliphatic carbocycles. The summed E-state index contributed by atoms with van der Waals surface area (Å²) in [6, 6.07) is 13.5. The van der Waals surface area contributed by atoms with E-state index in [2.05, 4.69) is 15.7 Å². The average Bonchev–Trinajstić information content (AvgIpc) is 2.93. The zero-order chi connectivity index (χ0) is 15.4. The first-order valence-corrected chi connectivity index (χ1v) is 7.31. The van der Waals surface area contributed by atoms with Crippen LogP contribution in [0, 0.1) is 0 Å². The number of urea groups is 1. The van der Waals surface area contributed by atoms with E-state index in [1.165, 1.54) is 0 Å². The van der Waals surface area contributed by atoms with Gasteiger partial charge < -0.3 is 10.6 Å². The first kappa shape index (κ1) is 14.4. The maximum Gasteiger partial charge on any atom is 0.319 e. The minimum Gasteiger partial charge on any atom is -0.336 e. The maximum absolute atomic E-state index is 12.0. The highest BCUT2D eigenvalue weighted by molar-refractivity contribution is 6.30. The molecule has 0 bridgehead atoms. The molecule has 3 aromatic rings. The zero-order valence-corrected chi connectivity index (χ0v) is 12.5. The lowest BCUT2D eigenvalue weighted by Gasteiger charge is -2.10. The molecule has 3 rings (SSSR count). The van der Waals surface area contributed by atoms with Crippen molar-refractivity contribution >= 4 is 34.1 Å². The second kappa shape index (κ2) is 6.49. The molecule has 0 aliphatic heterocycles. The predicted octanol–water partition coefficient (Wildman–Crippen LogP) is 3.51. The topological polar surface area (TPSA) is 59.0 Å². The molecule has 2 aromatic carbocycles. The van der Waals surface area contributed by atoms with Crippen LogP contribution in [0.25, 0.3) is 10.8 Å². The van der Waals surface area contributed by atoms with Crippen LogP contribution in [0.5, 0.6) is 0 Å². The summed E-state index contributed by atoms with van der Waals surface area (Å²) in [6.45, 7) is 1.03. The summed E-state index contributed by atoms with van der Waals surface area (Å²) in [4.78, 5) is 12.0. The van der Waals surface area contributed by atoms with E-state index < -0.39 is 0 Å². The molecule has 5 nitrogen and oxygen atoms in total.